The molecule has 1 aromatic heterocycles. The van der Waals surface area contributed by atoms with E-state index < -0.39 is 0 Å². The molecule has 1 heterocycles. The monoisotopic (exact) mass is 399 g/mol. The lowest BCUT2D eigenvalue weighted by Crippen LogP contribution is -2.38. The summed E-state index contributed by atoms with van der Waals surface area (Å²) in [4.78, 5) is 4.57. The molecule has 0 amide bonds. The van der Waals surface area contributed by atoms with E-state index in [1.54, 1.807) is 6.26 Å². The van der Waals surface area contributed by atoms with Crippen LogP contribution in [0.2, 0.25) is 0 Å². The summed E-state index contributed by atoms with van der Waals surface area (Å²) in [6.45, 7) is 4.39. The Morgan fingerprint density at radius 1 is 1.10 bits per heavy atom. The smallest absolute Gasteiger partial charge is 0.191 e. The molecule has 5 heteroatoms. The molecule has 4 nitrogen and oxygen atoms in total. The first kappa shape index (κ1) is 17.6. The van der Waals surface area contributed by atoms with E-state index in [2.05, 4.69) is 34.7 Å². The number of rotatable bonds is 6. The third-order valence-electron chi connectivity index (χ3n) is 2.85. The van der Waals surface area contributed by atoms with Crippen molar-refractivity contribution in [3.8, 4) is 0 Å². The molecule has 0 aliphatic carbocycles. The van der Waals surface area contributed by atoms with E-state index in [0.29, 0.717) is 6.54 Å². The van der Waals surface area contributed by atoms with Gasteiger partial charge in [0.15, 0.2) is 5.96 Å². The van der Waals surface area contributed by atoms with Crippen LogP contribution in [0.3, 0.4) is 0 Å². The number of hydrogen-bond acceptors (Lipinski definition) is 2. The molecule has 2 aromatic rings. The summed E-state index contributed by atoms with van der Waals surface area (Å²) in [5.41, 5.74) is 1.20. The average Bonchev–Trinajstić information content (AvgIpc) is 2.99. The van der Waals surface area contributed by atoms with E-state index in [1.165, 1.54) is 5.56 Å². The Balaban J connectivity index is 0.00000220. The summed E-state index contributed by atoms with van der Waals surface area (Å²) in [6.07, 6.45) is 2.55. The first-order valence-electron chi connectivity index (χ1n) is 6.97. The first-order valence-corrected chi connectivity index (χ1v) is 6.97. The Labute approximate surface area is 143 Å². The summed E-state index contributed by atoms with van der Waals surface area (Å²) in [6, 6.07) is 14.1. The average molecular weight is 399 g/mol. The van der Waals surface area contributed by atoms with E-state index in [0.717, 1.165) is 31.2 Å². The zero-order valence-electron chi connectivity index (χ0n) is 12.2. The predicted molar refractivity (Wildman–Crippen MR) is 97.1 cm³/mol. The van der Waals surface area contributed by atoms with Crippen LogP contribution in [-0.2, 0) is 13.0 Å². The Kier molecular flexibility index (Phi) is 8.57. The highest BCUT2D eigenvalue weighted by molar-refractivity contribution is 14.0. The first-order chi connectivity index (χ1) is 9.88. The largest absolute Gasteiger partial charge is 0.469 e. The standard InChI is InChI=1S/C16H21N3O.HI/c1-2-17-16(18-11-10-15-9-6-12-20-15)19-13-14-7-4-3-5-8-14;/h3-9,12H,2,10-11,13H2,1H3,(H2,17,18,19);1H. The van der Waals surface area contributed by atoms with Crippen molar-refractivity contribution in [2.45, 2.75) is 19.9 Å². The lowest BCUT2D eigenvalue weighted by atomic mass is 10.2. The molecule has 0 spiro atoms. The van der Waals surface area contributed by atoms with Gasteiger partial charge in [-0.2, -0.15) is 0 Å². The van der Waals surface area contributed by atoms with Crippen molar-refractivity contribution in [2.75, 3.05) is 13.1 Å². The van der Waals surface area contributed by atoms with Gasteiger partial charge in [0.2, 0.25) is 0 Å². The highest BCUT2D eigenvalue weighted by atomic mass is 127. The van der Waals surface area contributed by atoms with E-state index in [9.17, 15) is 0 Å². The number of hydrogen-bond donors (Lipinski definition) is 2. The fraction of sp³-hybridized carbons (Fsp3) is 0.312. The lowest BCUT2D eigenvalue weighted by molar-refractivity contribution is 0.507. The molecule has 0 unspecified atom stereocenters. The predicted octanol–water partition coefficient (Wildman–Crippen LogP) is 3.20. The van der Waals surface area contributed by atoms with Crippen molar-refractivity contribution in [1.29, 1.82) is 0 Å². The van der Waals surface area contributed by atoms with Crippen molar-refractivity contribution in [1.82, 2.24) is 10.6 Å². The summed E-state index contributed by atoms with van der Waals surface area (Å²) in [5.74, 6) is 1.82. The molecule has 0 saturated heterocycles. The van der Waals surface area contributed by atoms with Gasteiger partial charge in [-0.3, -0.25) is 0 Å². The second-order valence-electron chi connectivity index (χ2n) is 4.44. The van der Waals surface area contributed by atoms with Crippen LogP contribution in [0.1, 0.15) is 18.2 Å². The van der Waals surface area contributed by atoms with Gasteiger partial charge in [0.25, 0.3) is 0 Å². The van der Waals surface area contributed by atoms with Crippen molar-refractivity contribution < 1.29 is 4.42 Å². The molecule has 114 valence electrons. The fourth-order valence-corrected chi connectivity index (χ4v) is 1.85. The lowest BCUT2D eigenvalue weighted by Gasteiger charge is -2.10. The van der Waals surface area contributed by atoms with Gasteiger partial charge in [0, 0.05) is 19.5 Å². The summed E-state index contributed by atoms with van der Waals surface area (Å²) >= 11 is 0. The third-order valence-corrected chi connectivity index (χ3v) is 2.85. The summed E-state index contributed by atoms with van der Waals surface area (Å²) in [5, 5.41) is 6.55. The van der Waals surface area contributed by atoms with Crippen molar-refractivity contribution in [3.05, 3.63) is 60.1 Å². The van der Waals surface area contributed by atoms with Crippen LogP contribution in [0.25, 0.3) is 0 Å². The molecular weight excluding hydrogens is 377 g/mol. The maximum absolute atomic E-state index is 5.30. The third kappa shape index (κ3) is 6.66. The zero-order chi connectivity index (χ0) is 14.0. The molecule has 0 radical (unpaired) electrons. The van der Waals surface area contributed by atoms with Crippen LogP contribution in [0.4, 0.5) is 0 Å². The van der Waals surface area contributed by atoms with Gasteiger partial charge >= 0.3 is 0 Å². The van der Waals surface area contributed by atoms with Crippen molar-refractivity contribution >= 4 is 29.9 Å². The second-order valence-corrected chi connectivity index (χ2v) is 4.44. The van der Waals surface area contributed by atoms with Crippen molar-refractivity contribution in [3.63, 3.8) is 0 Å². The summed E-state index contributed by atoms with van der Waals surface area (Å²) in [7, 11) is 0. The van der Waals surface area contributed by atoms with Crippen LogP contribution in [0, 0.1) is 0 Å². The Bertz CT molecular complexity index is 512. The number of halogens is 1. The van der Waals surface area contributed by atoms with Crippen molar-refractivity contribution in [2.24, 2.45) is 4.99 Å². The molecule has 0 saturated carbocycles. The zero-order valence-corrected chi connectivity index (χ0v) is 14.5. The molecule has 2 N–H and O–H groups in total. The highest BCUT2D eigenvalue weighted by Gasteiger charge is 1.99. The molecule has 1 aromatic carbocycles. The maximum atomic E-state index is 5.30. The van der Waals surface area contributed by atoms with E-state index in [-0.39, 0.29) is 24.0 Å². The van der Waals surface area contributed by atoms with Crippen LogP contribution in [-0.4, -0.2) is 19.0 Å². The van der Waals surface area contributed by atoms with Crippen LogP contribution < -0.4 is 10.6 Å². The SMILES string of the molecule is CCNC(=NCc1ccccc1)NCCc1ccco1.I. The number of furan rings is 1. The topological polar surface area (TPSA) is 49.6 Å². The normalized spacial score (nSPS) is 10.8. The van der Waals surface area contributed by atoms with Gasteiger partial charge in [-0.05, 0) is 24.6 Å². The Morgan fingerprint density at radius 3 is 2.57 bits per heavy atom. The molecule has 0 atom stereocenters. The van der Waals surface area contributed by atoms with Crippen LogP contribution in [0.15, 0.2) is 58.1 Å². The molecule has 0 aliphatic heterocycles. The Hall–Kier alpha value is -1.50. The quantitative estimate of drug-likeness (QED) is 0.446. The van der Waals surface area contributed by atoms with Gasteiger partial charge in [-0.1, -0.05) is 30.3 Å². The number of aliphatic imine (C=N–C) groups is 1. The minimum Gasteiger partial charge on any atom is -0.469 e. The molecule has 0 bridgehead atoms. The van der Waals surface area contributed by atoms with Crippen LogP contribution in [0.5, 0.6) is 0 Å². The second kappa shape index (κ2) is 10.3. The van der Waals surface area contributed by atoms with Gasteiger partial charge in [0.1, 0.15) is 5.76 Å². The molecule has 21 heavy (non-hydrogen) atoms. The van der Waals surface area contributed by atoms with E-state index in [4.69, 9.17) is 4.42 Å². The fourth-order valence-electron chi connectivity index (χ4n) is 1.85. The van der Waals surface area contributed by atoms with Gasteiger partial charge in [-0.15, -0.1) is 24.0 Å². The maximum Gasteiger partial charge on any atom is 0.191 e. The number of guanidine groups is 1. The summed E-state index contributed by atoms with van der Waals surface area (Å²) < 4.78 is 5.30. The highest BCUT2D eigenvalue weighted by Crippen LogP contribution is 2.01. The molecule has 2 rings (SSSR count). The number of nitrogens with one attached hydrogen (secondary N) is 2. The number of benzene rings is 1. The minimum absolute atomic E-state index is 0. The van der Waals surface area contributed by atoms with Gasteiger partial charge in [0.05, 0.1) is 12.8 Å². The Morgan fingerprint density at radius 2 is 1.90 bits per heavy atom. The number of nitrogens with zero attached hydrogens (tertiary/aromatic N) is 1. The van der Waals surface area contributed by atoms with E-state index in [1.807, 2.05) is 30.3 Å². The molecular formula is C16H22IN3O. The van der Waals surface area contributed by atoms with Gasteiger partial charge in [-0.25, -0.2) is 4.99 Å². The van der Waals surface area contributed by atoms with Crippen LogP contribution >= 0.6 is 24.0 Å². The van der Waals surface area contributed by atoms with Gasteiger partial charge < -0.3 is 15.1 Å². The minimum atomic E-state index is 0. The molecule has 0 aliphatic rings. The molecule has 0 fully saturated rings. The van der Waals surface area contributed by atoms with E-state index >= 15 is 0 Å².